The number of halogens is 1. The van der Waals surface area contributed by atoms with Crippen molar-refractivity contribution in [3.8, 4) is 0 Å². The Morgan fingerprint density at radius 1 is 1.32 bits per heavy atom. The van der Waals surface area contributed by atoms with Gasteiger partial charge in [0, 0.05) is 38.5 Å². The number of aromatic nitrogens is 2. The minimum absolute atomic E-state index is 0.0492. The number of alkyl halides is 1. The first kappa shape index (κ1) is 15.3. The summed E-state index contributed by atoms with van der Waals surface area (Å²) in [5.74, 6) is 1.39. The Morgan fingerprint density at radius 2 is 2.05 bits per heavy atom. The molecule has 0 N–H and O–H groups in total. The molecule has 0 unspecified atom stereocenters. The number of hydrogen-bond donors (Lipinski definition) is 0. The highest BCUT2D eigenvalue weighted by atomic mass is 35.5. The van der Waals surface area contributed by atoms with Crippen molar-refractivity contribution >= 4 is 23.5 Å². The highest BCUT2D eigenvalue weighted by molar-refractivity contribution is 6.17. The number of fused-ring (bicyclic) bond motifs is 1. The van der Waals surface area contributed by atoms with E-state index in [4.69, 9.17) is 11.6 Å². The average molecular weight is 326 g/mol. The van der Waals surface area contributed by atoms with Gasteiger partial charge in [-0.05, 0) is 13.3 Å². The van der Waals surface area contributed by atoms with Crippen LogP contribution < -0.4 is 0 Å². The molecule has 2 aliphatic heterocycles. The van der Waals surface area contributed by atoms with E-state index < -0.39 is 0 Å². The smallest absolute Gasteiger partial charge is 0.340 e. The molecule has 0 saturated carbocycles. The van der Waals surface area contributed by atoms with Crippen LogP contribution >= 0.6 is 11.6 Å². The number of carbonyl (C=O) groups is 2. The SMILES string of the molecule is Cc1ncc2n1C(=O)N(N1CCN(C(=O)CCCCl)CC1)C2. The van der Waals surface area contributed by atoms with Gasteiger partial charge in [-0.3, -0.25) is 9.80 Å². The van der Waals surface area contributed by atoms with Gasteiger partial charge in [0.15, 0.2) is 0 Å². The van der Waals surface area contributed by atoms with Crippen molar-refractivity contribution < 1.29 is 9.59 Å². The molecule has 120 valence electrons. The first-order valence-electron chi connectivity index (χ1n) is 7.55. The van der Waals surface area contributed by atoms with Crippen LogP contribution in [-0.4, -0.2) is 68.5 Å². The van der Waals surface area contributed by atoms with Gasteiger partial charge in [-0.15, -0.1) is 11.6 Å². The maximum Gasteiger partial charge on any atom is 0.344 e. The standard InChI is InChI=1S/C14H20ClN5O2/c1-11-16-9-12-10-19(14(22)20(11)12)18-7-5-17(6-8-18)13(21)3-2-4-15/h9H,2-8,10H2,1H3. The van der Waals surface area contributed by atoms with Crippen molar-refractivity contribution in [1.29, 1.82) is 0 Å². The number of rotatable bonds is 4. The van der Waals surface area contributed by atoms with Crippen molar-refractivity contribution in [2.24, 2.45) is 0 Å². The molecule has 1 saturated heterocycles. The van der Waals surface area contributed by atoms with Crippen LogP contribution in [0.1, 0.15) is 24.4 Å². The fraction of sp³-hybridized carbons (Fsp3) is 0.643. The van der Waals surface area contributed by atoms with Gasteiger partial charge in [-0.2, -0.15) is 0 Å². The van der Waals surface area contributed by atoms with Crippen LogP contribution in [0.3, 0.4) is 0 Å². The van der Waals surface area contributed by atoms with Crippen LogP contribution in [0.15, 0.2) is 6.20 Å². The van der Waals surface area contributed by atoms with E-state index in [-0.39, 0.29) is 11.9 Å². The summed E-state index contributed by atoms with van der Waals surface area (Å²) in [4.78, 5) is 30.5. The molecule has 2 aliphatic rings. The Morgan fingerprint density at radius 3 is 2.68 bits per heavy atom. The monoisotopic (exact) mass is 325 g/mol. The lowest BCUT2D eigenvalue weighted by atomic mass is 10.2. The molecule has 0 spiro atoms. The lowest BCUT2D eigenvalue weighted by molar-refractivity contribution is -0.135. The number of imidazole rings is 1. The Labute approximate surface area is 134 Å². The fourth-order valence-electron chi connectivity index (χ4n) is 2.98. The van der Waals surface area contributed by atoms with E-state index in [1.807, 2.05) is 16.8 Å². The summed E-state index contributed by atoms with van der Waals surface area (Å²) >= 11 is 5.63. The highest BCUT2D eigenvalue weighted by Crippen LogP contribution is 2.21. The molecule has 0 aromatic carbocycles. The van der Waals surface area contributed by atoms with Crippen molar-refractivity contribution in [2.45, 2.75) is 26.3 Å². The topological polar surface area (TPSA) is 61.7 Å². The Kier molecular flexibility index (Phi) is 4.35. The van der Waals surface area contributed by atoms with Gasteiger partial charge < -0.3 is 4.90 Å². The predicted molar refractivity (Wildman–Crippen MR) is 81.4 cm³/mol. The molecule has 0 aliphatic carbocycles. The molecule has 7 nitrogen and oxygen atoms in total. The third-order valence-electron chi connectivity index (χ3n) is 4.21. The molecule has 3 rings (SSSR count). The molecule has 2 amide bonds. The second-order valence-corrected chi connectivity index (χ2v) is 5.98. The highest BCUT2D eigenvalue weighted by Gasteiger charge is 2.35. The predicted octanol–water partition coefficient (Wildman–Crippen LogP) is 1.05. The van der Waals surface area contributed by atoms with E-state index in [0.29, 0.717) is 51.4 Å². The molecule has 22 heavy (non-hydrogen) atoms. The van der Waals surface area contributed by atoms with Gasteiger partial charge in [0.2, 0.25) is 5.91 Å². The summed E-state index contributed by atoms with van der Waals surface area (Å²) in [6, 6.07) is -0.0492. The zero-order valence-electron chi connectivity index (χ0n) is 12.7. The van der Waals surface area contributed by atoms with E-state index in [2.05, 4.69) is 4.98 Å². The van der Waals surface area contributed by atoms with Crippen molar-refractivity contribution in [3.05, 3.63) is 17.7 Å². The largest absolute Gasteiger partial charge is 0.344 e. The third-order valence-corrected chi connectivity index (χ3v) is 4.48. The van der Waals surface area contributed by atoms with Gasteiger partial charge >= 0.3 is 6.03 Å². The normalized spacial score (nSPS) is 18.9. The van der Waals surface area contributed by atoms with E-state index in [1.54, 1.807) is 15.8 Å². The van der Waals surface area contributed by atoms with Gasteiger partial charge in [0.25, 0.3) is 0 Å². The lowest BCUT2D eigenvalue weighted by Crippen LogP contribution is -2.55. The summed E-state index contributed by atoms with van der Waals surface area (Å²) in [6.07, 6.45) is 2.97. The first-order valence-corrected chi connectivity index (χ1v) is 8.09. The van der Waals surface area contributed by atoms with Gasteiger partial charge in [0.1, 0.15) is 5.82 Å². The second-order valence-electron chi connectivity index (χ2n) is 5.60. The van der Waals surface area contributed by atoms with Crippen molar-refractivity contribution in [3.63, 3.8) is 0 Å². The molecule has 0 atom stereocenters. The van der Waals surface area contributed by atoms with E-state index in [0.717, 1.165) is 11.5 Å². The molecule has 1 aromatic rings. The van der Waals surface area contributed by atoms with Crippen LogP contribution in [0, 0.1) is 6.92 Å². The number of aryl methyl sites for hydroxylation is 1. The van der Waals surface area contributed by atoms with E-state index in [1.165, 1.54) is 0 Å². The van der Waals surface area contributed by atoms with Crippen molar-refractivity contribution in [1.82, 2.24) is 24.5 Å². The third kappa shape index (κ3) is 2.70. The van der Waals surface area contributed by atoms with Gasteiger partial charge in [-0.1, -0.05) is 0 Å². The zero-order valence-corrected chi connectivity index (χ0v) is 13.4. The van der Waals surface area contributed by atoms with E-state index >= 15 is 0 Å². The maximum absolute atomic E-state index is 12.4. The number of hydrazine groups is 1. The average Bonchev–Trinajstić information content (AvgIpc) is 3.06. The van der Waals surface area contributed by atoms with Crippen LogP contribution in [0.25, 0.3) is 0 Å². The minimum Gasteiger partial charge on any atom is -0.340 e. The maximum atomic E-state index is 12.4. The second kappa shape index (κ2) is 6.26. The minimum atomic E-state index is -0.0492. The Bertz CT molecular complexity index is 580. The molecule has 8 heteroatoms. The summed E-state index contributed by atoms with van der Waals surface area (Å²) in [7, 11) is 0. The lowest BCUT2D eigenvalue weighted by Gasteiger charge is -2.38. The number of carbonyl (C=O) groups excluding carboxylic acids is 2. The van der Waals surface area contributed by atoms with Crippen molar-refractivity contribution in [2.75, 3.05) is 32.1 Å². The number of piperazine rings is 1. The molecule has 0 bridgehead atoms. The molecule has 3 heterocycles. The molecule has 1 aromatic heterocycles. The number of nitrogens with zero attached hydrogens (tertiary/aromatic N) is 5. The summed E-state index contributed by atoms with van der Waals surface area (Å²) < 4.78 is 1.65. The van der Waals surface area contributed by atoms with Crippen LogP contribution in [0.5, 0.6) is 0 Å². The molecular formula is C14H20ClN5O2. The number of hydrogen-bond acceptors (Lipinski definition) is 4. The Hall–Kier alpha value is -1.60. The first-order chi connectivity index (χ1) is 10.6. The molecule has 1 fully saturated rings. The number of amides is 2. The van der Waals surface area contributed by atoms with Crippen LogP contribution in [0.2, 0.25) is 0 Å². The molecule has 0 radical (unpaired) electrons. The quantitative estimate of drug-likeness (QED) is 0.776. The summed E-state index contributed by atoms with van der Waals surface area (Å²) in [6.45, 7) is 5.04. The fourth-order valence-corrected chi connectivity index (χ4v) is 3.12. The Balaban J connectivity index is 1.57. The van der Waals surface area contributed by atoms with Gasteiger partial charge in [-0.25, -0.2) is 19.4 Å². The summed E-state index contributed by atoms with van der Waals surface area (Å²) in [5, 5.41) is 3.78. The summed E-state index contributed by atoms with van der Waals surface area (Å²) in [5.41, 5.74) is 0.920. The zero-order chi connectivity index (χ0) is 15.7. The van der Waals surface area contributed by atoms with Crippen LogP contribution in [0.4, 0.5) is 4.79 Å². The van der Waals surface area contributed by atoms with Crippen LogP contribution in [-0.2, 0) is 11.3 Å². The molecular weight excluding hydrogens is 306 g/mol. The van der Waals surface area contributed by atoms with E-state index in [9.17, 15) is 9.59 Å². The van der Waals surface area contributed by atoms with Gasteiger partial charge in [0.05, 0.1) is 18.4 Å².